The molecule has 0 saturated carbocycles. The number of nitrogens with one attached hydrogen (secondary N) is 1. The first-order valence-corrected chi connectivity index (χ1v) is 9.63. The van der Waals surface area contributed by atoms with Crippen molar-refractivity contribution >= 4 is 29.2 Å². The number of methoxy groups -OCH3 is 1. The molecule has 0 amide bonds. The molecule has 0 aliphatic carbocycles. The Labute approximate surface area is 173 Å². The van der Waals surface area contributed by atoms with Gasteiger partial charge >= 0.3 is 0 Å². The first kappa shape index (κ1) is 18.9. The van der Waals surface area contributed by atoms with Crippen molar-refractivity contribution in [2.75, 3.05) is 13.7 Å². The lowest BCUT2D eigenvalue weighted by Crippen LogP contribution is -2.00. The van der Waals surface area contributed by atoms with Crippen LogP contribution in [0.3, 0.4) is 0 Å². The van der Waals surface area contributed by atoms with E-state index in [0.29, 0.717) is 17.2 Å². The molecule has 0 radical (unpaired) electrons. The van der Waals surface area contributed by atoms with Gasteiger partial charge in [0.25, 0.3) is 0 Å². The van der Waals surface area contributed by atoms with Crippen molar-refractivity contribution in [2.24, 2.45) is 5.10 Å². The van der Waals surface area contributed by atoms with Crippen LogP contribution in [0, 0.1) is 4.77 Å². The third-order valence-electron chi connectivity index (χ3n) is 4.53. The topological polar surface area (TPSA) is 64.4 Å². The normalized spacial score (nSPS) is 11.2. The summed E-state index contributed by atoms with van der Waals surface area (Å²) in [6, 6.07) is 19.7. The molecule has 0 unspecified atom stereocenters. The fourth-order valence-electron chi connectivity index (χ4n) is 3.21. The van der Waals surface area contributed by atoms with Crippen LogP contribution in [-0.2, 0) is 0 Å². The predicted octanol–water partition coefficient (Wildman–Crippen LogP) is 5.05. The van der Waals surface area contributed by atoms with E-state index < -0.39 is 0 Å². The Morgan fingerprint density at radius 3 is 2.69 bits per heavy atom. The molecule has 0 atom stereocenters. The molecular formula is C22H20N4O2S. The summed E-state index contributed by atoms with van der Waals surface area (Å²) in [4.78, 5) is 0. The van der Waals surface area contributed by atoms with Gasteiger partial charge in [-0.1, -0.05) is 42.5 Å². The number of aromatic nitrogens is 3. The number of ether oxygens (including phenoxy) is 2. The number of fused-ring (bicyclic) bond motifs is 1. The van der Waals surface area contributed by atoms with Gasteiger partial charge < -0.3 is 9.47 Å². The van der Waals surface area contributed by atoms with Crippen molar-refractivity contribution in [3.05, 3.63) is 71.0 Å². The van der Waals surface area contributed by atoms with Gasteiger partial charge in [-0.3, -0.25) is 0 Å². The van der Waals surface area contributed by atoms with Crippen LogP contribution in [0.15, 0.2) is 65.8 Å². The van der Waals surface area contributed by atoms with Crippen molar-refractivity contribution in [2.45, 2.75) is 6.92 Å². The Kier molecular flexibility index (Phi) is 5.39. The smallest absolute Gasteiger partial charge is 0.216 e. The maximum absolute atomic E-state index is 5.74. The van der Waals surface area contributed by atoms with E-state index in [-0.39, 0.29) is 0 Å². The summed E-state index contributed by atoms with van der Waals surface area (Å²) in [7, 11) is 1.65. The maximum atomic E-state index is 5.74. The van der Waals surface area contributed by atoms with E-state index in [1.54, 1.807) is 18.0 Å². The van der Waals surface area contributed by atoms with Gasteiger partial charge in [0.2, 0.25) is 4.77 Å². The zero-order chi connectivity index (χ0) is 20.2. The highest BCUT2D eigenvalue weighted by Crippen LogP contribution is 2.29. The Hall–Kier alpha value is -3.45. The van der Waals surface area contributed by atoms with Crippen LogP contribution in [0.4, 0.5) is 0 Å². The number of rotatable bonds is 6. The Balaban J connectivity index is 1.84. The van der Waals surface area contributed by atoms with Crippen molar-refractivity contribution in [1.82, 2.24) is 14.9 Å². The van der Waals surface area contributed by atoms with Crippen LogP contribution in [0.5, 0.6) is 11.5 Å². The average Bonchev–Trinajstić information content (AvgIpc) is 3.12. The van der Waals surface area contributed by atoms with E-state index in [2.05, 4.69) is 21.4 Å². The Bertz CT molecular complexity index is 1240. The van der Waals surface area contributed by atoms with Gasteiger partial charge in [-0.2, -0.15) is 14.9 Å². The fourth-order valence-corrected chi connectivity index (χ4v) is 3.39. The van der Waals surface area contributed by atoms with Crippen LogP contribution < -0.4 is 9.47 Å². The van der Waals surface area contributed by atoms with E-state index in [9.17, 15) is 0 Å². The van der Waals surface area contributed by atoms with E-state index in [1.165, 1.54) is 0 Å². The Morgan fingerprint density at radius 1 is 1.07 bits per heavy atom. The highest BCUT2D eigenvalue weighted by Gasteiger charge is 2.14. The van der Waals surface area contributed by atoms with Crippen molar-refractivity contribution in [3.8, 4) is 22.9 Å². The second-order valence-electron chi connectivity index (χ2n) is 6.24. The molecule has 29 heavy (non-hydrogen) atoms. The fraction of sp³-hybridized carbons (Fsp3) is 0.136. The van der Waals surface area contributed by atoms with Gasteiger partial charge in [-0.15, -0.1) is 0 Å². The molecule has 0 saturated heterocycles. The molecule has 7 heteroatoms. The molecular weight excluding hydrogens is 384 g/mol. The Morgan fingerprint density at radius 2 is 1.86 bits per heavy atom. The van der Waals surface area contributed by atoms with Crippen molar-refractivity contribution in [3.63, 3.8) is 0 Å². The monoisotopic (exact) mass is 404 g/mol. The molecule has 0 bridgehead atoms. The van der Waals surface area contributed by atoms with Gasteiger partial charge in [0, 0.05) is 5.56 Å². The molecule has 4 aromatic rings. The zero-order valence-corrected chi connectivity index (χ0v) is 16.9. The summed E-state index contributed by atoms with van der Waals surface area (Å²) in [5, 5.41) is 14.0. The average molecular weight is 404 g/mol. The number of nitrogens with zero attached hydrogens (tertiary/aromatic N) is 3. The molecule has 6 nitrogen and oxygen atoms in total. The van der Waals surface area contributed by atoms with Crippen molar-refractivity contribution < 1.29 is 9.47 Å². The van der Waals surface area contributed by atoms with Crippen LogP contribution in [0.25, 0.3) is 22.2 Å². The lowest BCUT2D eigenvalue weighted by atomic mass is 10.0. The number of hydrogen-bond acceptors (Lipinski definition) is 5. The summed E-state index contributed by atoms with van der Waals surface area (Å²) in [5.41, 5.74) is 1.68. The van der Waals surface area contributed by atoms with E-state index in [1.807, 2.05) is 61.5 Å². The molecule has 0 aliphatic rings. The summed E-state index contributed by atoms with van der Waals surface area (Å²) < 4.78 is 13.3. The lowest BCUT2D eigenvalue weighted by Gasteiger charge is -2.10. The standard InChI is InChI=1S/C22H20N4O2S/c1-3-28-20-11-7-6-10-17(20)21-24-25-22(29)26(21)23-14-18-16-9-5-4-8-15(16)12-13-19(18)27-2/h4-14H,3H2,1-2H3,(H,25,29)/b23-14-. The summed E-state index contributed by atoms with van der Waals surface area (Å²) in [6.07, 6.45) is 1.75. The molecule has 0 fully saturated rings. The third kappa shape index (κ3) is 3.64. The first-order chi connectivity index (χ1) is 14.2. The maximum Gasteiger partial charge on any atom is 0.216 e. The number of benzene rings is 3. The van der Waals surface area contributed by atoms with Gasteiger partial charge in [0.05, 0.1) is 25.5 Å². The minimum Gasteiger partial charge on any atom is -0.496 e. The van der Waals surface area contributed by atoms with Crippen LogP contribution in [0.2, 0.25) is 0 Å². The molecule has 0 aliphatic heterocycles. The van der Waals surface area contributed by atoms with Gasteiger partial charge in [0.1, 0.15) is 11.5 Å². The lowest BCUT2D eigenvalue weighted by molar-refractivity contribution is 0.341. The second kappa shape index (κ2) is 8.28. The van der Waals surface area contributed by atoms with Crippen molar-refractivity contribution in [1.29, 1.82) is 0 Å². The number of hydrogen-bond donors (Lipinski definition) is 1. The molecule has 1 heterocycles. The number of para-hydroxylation sites is 1. The van der Waals surface area contributed by atoms with E-state index in [0.717, 1.165) is 33.4 Å². The number of aromatic amines is 1. The first-order valence-electron chi connectivity index (χ1n) is 9.22. The highest BCUT2D eigenvalue weighted by atomic mass is 32.1. The summed E-state index contributed by atoms with van der Waals surface area (Å²) in [5.74, 6) is 2.04. The van der Waals surface area contributed by atoms with Gasteiger partial charge in [0.15, 0.2) is 5.82 Å². The third-order valence-corrected chi connectivity index (χ3v) is 4.80. The van der Waals surface area contributed by atoms with Gasteiger partial charge in [-0.25, -0.2) is 5.10 Å². The summed E-state index contributed by atoms with van der Waals surface area (Å²) >= 11 is 5.41. The minimum atomic E-state index is 0.391. The quantitative estimate of drug-likeness (QED) is 0.361. The largest absolute Gasteiger partial charge is 0.496 e. The molecule has 1 N–H and O–H groups in total. The van der Waals surface area contributed by atoms with Crippen LogP contribution in [0.1, 0.15) is 12.5 Å². The number of H-pyrrole nitrogens is 1. The van der Waals surface area contributed by atoms with Gasteiger partial charge in [-0.05, 0) is 48.1 Å². The summed E-state index contributed by atoms with van der Waals surface area (Å²) in [6.45, 7) is 2.50. The predicted molar refractivity (Wildman–Crippen MR) is 118 cm³/mol. The molecule has 0 spiro atoms. The second-order valence-corrected chi connectivity index (χ2v) is 6.63. The molecule has 1 aromatic heterocycles. The van der Waals surface area contributed by atoms with Crippen LogP contribution in [-0.4, -0.2) is 34.8 Å². The SMILES string of the molecule is CCOc1ccccc1-c1n[nH]c(=S)n1/N=C\c1c(OC)ccc2ccccc12. The highest BCUT2D eigenvalue weighted by molar-refractivity contribution is 7.71. The molecule has 3 aromatic carbocycles. The minimum absolute atomic E-state index is 0.391. The molecule has 4 rings (SSSR count). The van der Waals surface area contributed by atoms with E-state index >= 15 is 0 Å². The molecule has 146 valence electrons. The zero-order valence-electron chi connectivity index (χ0n) is 16.1. The van der Waals surface area contributed by atoms with E-state index in [4.69, 9.17) is 21.7 Å². The van der Waals surface area contributed by atoms with Crippen LogP contribution >= 0.6 is 12.2 Å².